The number of carboxylic acids is 2. The number of hydrogen-bond acceptors (Lipinski definition) is 3. The molecule has 0 atom stereocenters. The van der Waals surface area contributed by atoms with Gasteiger partial charge < -0.3 is 15.9 Å². The minimum Gasteiger partial charge on any atom is -0.481 e. The lowest BCUT2D eigenvalue weighted by molar-refractivity contribution is -0.140. The predicted molar refractivity (Wildman–Crippen MR) is 37.1 cm³/mol. The number of rotatable bonds is 4. The standard InChI is InChI=1S/C6H11NO4/c1-6(7,2-4(8)9)3-5(10)11/h2-3,7H2,1H3,(H,8,9)(H,10,11). The van der Waals surface area contributed by atoms with Crippen molar-refractivity contribution in [3.8, 4) is 0 Å². The Morgan fingerprint density at radius 2 is 1.55 bits per heavy atom. The van der Waals surface area contributed by atoms with Crippen molar-refractivity contribution in [3.63, 3.8) is 0 Å². The zero-order valence-electron chi connectivity index (χ0n) is 6.20. The number of aliphatic carboxylic acids is 2. The highest BCUT2D eigenvalue weighted by molar-refractivity contribution is 5.72. The molecule has 5 nitrogen and oxygen atoms in total. The minimum absolute atomic E-state index is 0.334. The molecule has 64 valence electrons. The Morgan fingerprint density at radius 3 is 1.73 bits per heavy atom. The monoisotopic (exact) mass is 161 g/mol. The van der Waals surface area contributed by atoms with E-state index >= 15 is 0 Å². The quantitative estimate of drug-likeness (QED) is 0.523. The van der Waals surface area contributed by atoms with Gasteiger partial charge in [0.1, 0.15) is 0 Å². The summed E-state index contributed by atoms with van der Waals surface area (Å²) in [4.78, 5) is 20.2. The van der Waals surface area contributed by atoms with Gasteiger partial charge in [-0.25, -0.2) is 0 Å². The van der Waals surface area contributed by atoms with Crippen LogP contribution >= 0.6 is 0 Å². The molecular formula is C6H11NO4. The van der Waals surface area contributed by atoms with E-state index in [0.29, 0.717) is 0 Å². The van der Waals surface area contributed by atoms with Crippen LogP contribution in [0.5, 0.6) is 0 Å². The maximum absolute atomic E-state index is 10.1. The largest absolute Gasteiger partial charge is 0.481 e. The molecule has 0 aliphatic heterocycles. The maximum Gasteiger partial charge on any atom is 0.305 e. The molecule has 4 N–H and O–H groups in total. The molecule has 0 aromatic rings. The SMILES string of the molecule is CC(N)(CC(=O)O)CC(=O)O. The van der Waals surface area contributed by atoms with E-state index in [1.165, 1.54) is 6.92 Å². The molecule has 0 aliphatic carbocycles. The van der Waals surface area contributed by atoms with Gasteiger partial charge in [-0.15, -0.1) is 0 Å². The Bertz CT molecular complexity index is 157. The Hall–Kier alpha value is -1.10. The van der Waals surface area contributed by atoms with E-state index in [1.54, 1.807) is 0 Å². The lowest BCUT2D eigenvalue weighted by Crippen LogP contribution is -2.40. The average Bonchev–Trinajstić information content (AvgIpc) is 1.53. The molecule has 0 bridgehead atoms. The molecule has 0 heterocycles. The van der Waals surface area contributed by atoms with Crippen molar-refractivity contribution in [1.29, 1.82) is 0 Å². The molecule has 0 fully saturated rings. The summed E-state index contributed by atoms with van der Waals surface area (Å²) in [6, 6.07) is 0. The van der Waals surface area contributed by atoms with E-state index in [0.717, 1.165) is 0 Å². The highest BCUT2D eigenvalue weighted by Crippen LogP contribution is 2.10. The third-order valence-electron chi connectivity index (χ3n) is 1.11. The maximum atomic E-state index is 10.1. The zero-order valence-corrected chi connectivity index (χ0v) is 6.20. The lowest BCUT2D eigenvalue weighted by Gasteiger charge is -2.19. The van der Waals surface area contributed by atoms with Gasteiger partial charge in [-0.3, -0.25) is 9.59 Å². The summed E-state index contributed by atoms with van der Waals surface area (Å²) in [5.74, 6) is -2.17. The van der Waals surface area contributed by atoms with Crippen LogP contribution in [-0.4, -0.2) is 27.7 Å². The second kappa shape index (κ2) is 3.34. The van der Waals surface area contributed by atoms with Gasteiger partial charge in [0.2, 0.25) is 0 Å². The highest BCUT2D eigenvalue weighted by atomic mass is 16.4. The number of carbonyl (C=O) groups is 2. The minimum atomic E-state index is -1.16. The first-order valence-electron chi connectivity index (χ1n) is 3.06. The van der Waals surface area contributed by atoms with E-state index in [-0.39, 0.29) is 12.8 Å². The van der Waals surface area contributed by atoms with Gasteiger partial charge in [-0.1, -0.05) is 0 Å². The Morgan fingerprint density at radius 1 is 1.27 bits per heavy atom. The molecule has 5 heteroatoms. The zero-order chi connectivity index (χ0) is 9.07. The topological polar surface area (TPSA) is 101 Å². The second-order valence-corrected chi connectivity index (χ2v) is 2.80. The van der Waals surface area contributed by atoms with Gasteiger partial charge in [0.15, 0.2) is 0 Å². The van der Waals surface area contributed by atoms with Crippen molar-refractivity contribution in [3.05, 3.63) is 0 Å². The molecule has 0 rings (SSSR count). The lowest BCUT2D eigenvalue weighted by atomic mass is 9.95. The second-order valence-electron chi connectivity index (χ2n) is 2.80. The average molecular weight is 161 g/mol. The molecule has 11 heavy (non-hydrogen) atoms. The highest BCUT2D eigenvalue weighted by Gasteiger charge is 2.25. The van der Waals surface area contributed by atoms with Crippen LogP contribution < -0.4 is 5.73 Å². The van der Waals surface area contributed by atoms with Gasteiger partial charge in [0, 0.05) is 5.54 Å². The predicted octanol–water partition coefficient (Wildman–Crippen LogP) is -0.347. The smallest absolute Gasteiger partial charge is 0.305 e. The first-order chi connectivity index (χ1) is 4.83. The fourth-order valence-electron chi connectivity index (χ4n) is 0.753. The fraction of sp³-hybridized carbons (Fsp3) is 0.667. The van der Waals surface area contributed by atoms with Crippen molar-refractivity contribution < 1.29 is 19.8 Å². The van der Waals surface area contributed by atoms with Gasteiger partial charge in [0.25, 0.3) is 0 Å². The summed E-state index contributed by atoms with van der Waals surface area (Å²) >= 11 is 0. The van der Waals surface area contributed by atoms with Gasteiger partial charge in [0.05, 0.1) is 12.8 Å². The molecular weight excluding hydrogens is 150 g/mol. The Kier molecular flexibility index (Phi) is 3.00. The van der Waals surface area contributed by atoms with Crippen LogP contribution in [-0.2, 0) is 9.59 Å². The summed E-state index contributed by atoms with van der Waals surface area (Å²) in [6.07, 6.45) is -0.668. The molecule has 0 aromatic heterocycles. The Labute approximate surface area is 63.8 Å². The molecule has 0 saturated heterocycles. The van der Waals surface area contributed by atoms with Crippen LogP contribution in [0, 0.1) is 0 Å². The number of hydrogen-bond donors (Lipinski definition) is 3. The van der Waals surface area contributed by atoms with E-state index in [4.69, 9.17) is 15.9 Å². The third kappa shape index (κ3) is 5.35. The molecule has 0 aliphatic rings. The molecule has 0 saturated carbocycles. The molecule has 0 spiro atoms. The molecule has 0 amide bonds. The van der Waals surface area contributed by atoms with E-state index < -0.39 is 17.5 Å². The van der Waals surface area contributed by atoms with Crippen LogP contribution in [0.2, 0.25) is 0 Å². The van der Waals surface area contributed by atoms with Crippen LogP contribution in [0.1, 0.15) is 19.8 Å². The fourth-order valence-corrected chi connectivity index (χ4v) is 0.753. The summed E-state index contributed by atoms with van der Waals surface area (Å²) in [6.45, 7) is 1.40. The Balaban J connectivity index is 3.99. The van der Waals surface area contributed by atoms with Crippen LogP contribution in [0.25, 0.3) is 0 Å². The third-order valence-corrected chi connectivity index (χ3v) is 1.11. The molecule has 0 aromatic carbocycles. The molecule has 0 radical (unpaired) electrons. The van der Waals surface area contributed by atoms with E-state index in [2.05, 4.69) is 0 Å². The van der Waals surface area contributed by atoms with Crippen molar-refractivity contribution in [2.75, 3.05) is 0 Å². The summed E-state index contributed by atoms with van der Waals surface area (Å²) in [5, 5.41) is 16.6. The van der Waals surface area contributed by atoms with Gasteiger partial charge >= 0.3 is 11.9 Å². The first kappa shape index (κ1) is 9.90. The number of carboxylic acid groups (broad SMARTS) is 2. The summed E-state index contributed by atoms with van der Waals surface area (Å²) in [7, 11) is 0. The van der Waals surface area contributed by atoms with Gasteiger partial charge in [-0.2, -0.15) is 0 Å². The molecule has 0 unspecified atom stereocenters. The van der Waals surface area contributed by atoms with Crippen LogP contribution in [0.3, 0.4) is 0 Å². The summed E-state index contributed by atoms with van der Waals surface area (Å²) < 4.78 is 0. The van der Waals surface area contributed by atoms with Crippen molar-refractivity contribution >= 4 is 11.9 Å². The van der Waals surface area contributed by atoms with Crippen molar-refractivity contribution in [2.24, 2.45) is 5.73 Å². The van der Waals surface area contributed by atoms with Gasteiger partial charge in [-0.05, 0) is 6.92 Å². The van der Waals surface area contributed by atoms with Crippen molar-refractivity contribution in [2.45, 2.75) is 25.3 Å². The summed E-state index contributed by atoms with van der Waals surface area (Å²) in [5.41, 5.74) is 4.20. The normalized spacial score (nSPS) is 11.1. The van der Waals surface area contributed by atoms with E-state index in [1.807, 2.05) is 0 Å². The first-order valence-corrected chi connectivity index (χ1v) is 3.06. The van der Waals surface area contributed by atoms with Crippen molar-refractivity contribution in [1.82, 2.24) is 0 Å². The van der Waals surface area contributed by atoms with E-state index in [9.17, 15) is 9.59 Å². The van der Waals surface area contributed by atoms with Crippen LogP contribution in [0.15, 0.2) is 0 Å². The number of nitrogens with two attached hydrogens (primary N) is 1. The van der Waals surface area contributed by atoms with Crippen LogP contribution in [0.4, 0.5) is 0 Å².